The fourth-order valence-corrected chi connectivity index (χ4v) is 1.77. The number of imidazole rings is 1. The van der Waals surface area contributed by atoms with Crippen LogP contribution < -0.4 is 11.3 Å². The van der Waals surface area contributed by atoms with Crippen LogP contribution in [0.25, 0.3) is 0 Å². The lowest BCUT2D eigenvalue weighted by Gasteiger charge is -2.29. The summed E-state index contributed by atoms with van der Waals surface area (Å²) in [6, 6.07) is 0.241. The van der Waals surface area contributed by atoms with E-state index in [0.717, 1.165) is 25.2 Å². The number of hydrogen-bond acceptors (Lipinski definition) is 3. The van der Waals surface area contributed by atoms with E-state index in [1.54, 1.807) is 0 Å². The first-order valence-electron chi connectivity index (χ1n) is 5.95. The molecule has 0 amide bonds. The molecule has 1 unspecified atom stereocenters. The highest BCUT2D eigenvalue weighted by atomic mass is 15.2. The van der Waals surface area contributed by atoms with Crippen LogP contribution >= 0.6 is 0 Å². The minimum absolute atomic E-state index is 0.137. The van der Waals surface area contributed by atoms with Gasteiger partial charge in [-0.05, 0) is 11.8 Å². The average Bonchev–Trinajstić information content (AvgIpc) is 2.60. The van der Waals surface area contributed by atoms with Crippen LogP contribution in [0, 0.1) is 5.41 Å². The lowest BCUT2D eigenvalue weighted by Crippen LogP contribution is -2.46. The van der Waals surface area contributed by atoms with Crippen LogP contribution in [-0.2, 0) is 13.0 Å². The van der Waals surface area contributed by atoms with E-state index in [0.29, 0.717) is 0 Å². The van der Waals surface area contributed by atoms with Crippen molar-refractivity contribution in [3.63, 3.8) is 0 Å². The third-order valence-electron chi connectivity index (χ3n) is 2.90. The number of aromatic nitrogens is 2. The van der Waals surface area contributed by atoms with Crippen LogP contribution in [-0.4, -0.2) is 15.6 Å². The van der Waals surface area contributed by atoms with Gasteiger partial charge >= 0.3 is 0 Å². The Morgan fingerprint density at radius 3 is 2.69 bits per heavy atom. The third-order valence-corrected chi connectivity index (χ3v) is 2.90. The van der Waals surface area contributed by atoms with Crippen LogP contribution in [0.15, 0.2) is 12.4 Å². The predicted octanol–water partition coefficient (Wildman–Crippen LogP) is 1.71. The van der Waals surface area contributed by atoms with Crippen molar-refractivity contribution in [2.45, 2.75) is 53.1 Å². The van der Waals surface area contributed by atoms with Crippen LogP contribution in [0.1, 0.15) is 39.9 Å². The van der Waals surface area contributed by atoms with E-state index in [1.807, 2.05) is 12.4 Å². The SMILES string of the molecule is CCCn1ccnc1CC(NN)C(C)(C)C. The molecule has 0 aliphatic rings. The normalized spacial score (nSPS) is 14.1. The zero-order chi connectivity index (χ0) is 12.2. The van der Waals surface area contributed by atoms with Gasteiger partial charge in [0.1, 0.15) is 5.82 Å². The number of rotatable bonds is 5. The Bertz CT molecular complexity index is 311. The van der Waals surface area contributed by atoms with Crippen LogP contribution in [0.4, 0.5) is 0 Å². The zero-order valence-corrected chi connectivity index (χ0v) is 10.8. The first kappa shape index (κ1) is 13.2. The zero-order valence-electron chi connectivity index (χ0n) is 10.8. The van der Waals surface area contributed by atoms with Crippen LogP contribution in [0.5, 0.6) is 0 Å². The third kappa shape index (κ3) is 3.32. The standard InChI is InChI=1S/C12H24N4/c1-5-7-16-8-6-14-11(16)9-10(15-13)12(2,3)4/h6,8,10,15H,5,7,9,13H2,1-4H3. The van der Waals surface area contributed by atoms with Gasteiger partial charge in [-0.3, -0.25) is 11.3 Å². The highest BCUT2D eigenvalue weighted by Crippen LogP contribution is 2.21. The van der Waals surface area contributed by atoms with Gasteiger partial charge in [0.05, 0.1) is 0 Å². The van der Waals surface area contributed by atoms with E-state index in [4.69, 9.17) is 5.84 Å². The highest BCUT2D eigenvalue weighted by Gasteiger charge is 2.24. The fraction of sp³-hybridized carbons (Fsp3) is 0.750. The molecule has 0 saturated heterocycles. The molecular formula is C12H24N4. The molecular weight excluding hydrogens is 200 g/mol. The molecule has 0 aliphatic heterocycles. The van der Waals surface area contributed by atoms with Crippen molar-refractivity contribution in [1.29, 1.82) is 0 Å². The van der Waals surface area contributed by atoms with Gasteiger partial charge in [0.25, 0.3) is 0 Å². The molecule has 1 heterocycles. The molecule has 0 radical (unpaired) electrons. The van der Waals surface area contributed by atoms with E-state index in [1.165, 1.54) is 0 Å². The maximum absolute atomic E-state index is 5.61. The number of aryl methyl sites for hydroxylation is 1. The Kier molecular flexibility index (Phi) is 4.50. The van der Waals surface area contributed by atoms with E-state index in [9.17, 15) is 0 Å². The van der Waals surface area contributed by atoms with Gasteiger partial charge in [0, 0.05) is 31.4 Å². The van der Waals surface area contributed by atoms with Crippen molar-refractivity contribution in [3.05, 3.63) is 18.2 Å². The van der Waals surface area contributed by atoms with E-state index in [-0.39, 0.29) is 11.5 Å². The molecule has 0 bridgehead atoms. The fourth-order valence-electron chi connectivity index (χ4n) is 1.77. The number of nitrogens with two attached hydrogens (primary N) is 1. The van der Waals surface area contributed by atoms with Crippen molar-refractivity contribution in [3.8, 4) is 0 Å². The lowest BCUT2D eigenvalue weighted by molar-refractivity contribution is 0.263. The molecule has 0 aliphatic carbocycles. The Labute approximate surface area is 98.2 Å². The van der Waals surface area contributed by atoms with Crippen molar-refractivity contribution in [1.82, 2.24) is 15.0 Å². The molecule has 3 N–H and O–H groups in total. The molecule has 16 heavy (non-hydrogen) atoms. The molecule has 0 saturated carbocycles. The van der Waals surface area contributed by atoms with E-state index >= 15 is 0 Å². The summed E-state index contributed by atoms with van der Waals surface area (Å²) in [5.41, 5.74) is 3.03. The monoisotopic (exact) mass is 224 g/mol. The van der Waals surface area contributed by atoms with E-state index in [2.05, 4.69) is 42.7 Å². The topological polar surface area (TPSA) is 55.9 Å². The van der Waals surface area contributed by atoms with Crippen molar-refractivity contribution >= 4 is 0 Å². The first-order chi connectivity index (χ1) is 7.49. The van der Waals surface area contributed by atoms with Gasteiger partial charge < -0.3 is 4.57 Å². The average molecular weight is 224 g/mol. The maximum atomic E-state index is 5.61. The molecule has 4 heteroatoms. The predicted molar refractivity (Wildman–Crippen MR) is 66.8 cm³/mol. The Morgan fingerprint density at radius 2 is 2.19 bits per heavy atom. The Hall–Kier alpha value is -0.870. The van der Waals surface area contributed by atoms with E-state index < -0.39 is 0 Å². The van der Waals surface area contributed by atoms with Crippen LogP contribution in [0.3, 0.4) is 0 Å². The Morgan fingerprint density at radius 1 is 1.50 bits per heavy atom. The van der Waals surface area contributed by atoms with Crippen molar-refractivity contribution < 1.29 is 0 Å². The summed E-state index contributed by atoms with van der Waals surface area (Å²) >= 11 is 0. The lowest BCUT2D eigenvalue weighted by atomic mass is 9.85. The van der Waals surface area contributed by atoms with Gasteiger partial charge in [0.2, 0.25) is 0 Å². The largest absolute Gasteiger partial charge is 0.335 e. The highest BCUT2D eigenvalue weighted by molar-refractivity contribution is 4.97. The molecule has 1 rings (SSSR count). The molecule has 1 atom stereocenters. The summed E-state index contributed by atoms with van der Waals surface area (Å²) in [5, 5.41) is 0. The summed E-state index contributed by atoms with van der Waals surface area (Å²) in [7, 11) is 0. The number of nitrogens with zero attached hydrogens (tertiary/aromatic N) is 2. The molecule has 4 nitrogen and oxygen atoms in total. The molecule has 0 spiro atoms. The molecule has 0 fully saturated rings. The smallest absolute Gasteiger partial charge is 0.110 e. The number of hydrogen-bond donors (Lipinski definition) is 2. The summed E-state index contributed by atoms with van der Waals surface area (Å²) in [5.74, 6) is 6.72. The number of hydrazine groups is 1. The van der Waals surface area contributed by atoms with Gasteiger partial charge in [-0.1, -0.05) is 27.7 Å². The molecule has 1 aromatic rings. The molecule has 1 aromatic heterocycles. The van der Waals surface area contributed by atoms with Gasteiger partial charge in [-0.25, -0.2) is 4.98 Å². The minimum atomic E-state index is 0.137. The summed E-state index contributed by atoms with van der Waals surface area (Å²) in [6.07, 6.45) is 5.89. The second-order valence-electron chi connectivity index (χ2n) is 5.33. The summed E-state index contributed by atoms with van der Waals surface area (Å²) in [6.45, 7) is 9.75. The van der Waals surface area contributed by atoms with Gasteiger partial charge in [-0.15, -0.1) is 0 Å². The minimum Gasteiger partial charge on any atom is -0.335 e. The second-order valence-corrected chi connectivity index (χ2v) is 5.33. The molecule has 0 aromatic carbocycles. The quantitative estimate of drug-likeness (QED) is 0.591. The van der Waals surface area contributed by atoms with Gasteiger partial charge in [0.15, 0.2) is 0 Å². The van der Waals surface area contributed by atoms with Crippen molar-refractivity contribution in [2.24, 2.45) is 11.3 Å². The Balaban J connectivity index is 2.74. The summed E-state index contributed by atoms with van der Waals surface area (Å²) in [4.78, 5) is 4.40. The van der Waals surface area contributed by atoms with Crippen LogP contribution in [0.2, 0.25) is 0 Å². The maximum Gasteiger partial charge on any atom is 0.110 e. The number of nitrogens with one attached hydrogen (secondary N) is 1. The van der Waals surface area contributed by atoms with Crippen molar-refractivity contribution in [2.75, 3.05) is 0 Å². The first-order valence-corrected chi connectivity index (χ1v) is 5.95. The second kappa shape index (κ2) is 5.46. The van der Waals surface area contributed by atoms with Gasteiger partial charge in [-0.2, -0.15) is 0 Å². The molecule has 92 valence electrons. The summed E-state index contributed by atoms with van der Waals surface area (Å²) < 4.78 is 2.20.